The van der Waals surface area contributed by atoms with Crippen molar-refractivity contribution in [3.63, 3.8) is 0 Å². The smallest absolute Gasteiger partial charge is 0.216 e. The number of methoxy groups -OCH3 is 2. The molecular weight excluding hydrogens is 328 g/mol. The van der Waals surface area contributed by atoms with Gasteiger partial charge in [0.1, 0.15) is 5.75 Å². The molecule has 0 aliphatic carbocycles. The first kappa shape index (κ1) is 19.2. The fourth-order valence-corrected chi connectivity index (χ4v) is 4.31. The quantitative estimate of drug-likeness (QED) is 0.666. The molecule has 1 aromatic carbocycles. The highest BCUT2D eigenvalue weighted by atomic mass is 32.2. The van der Waals surface area contributed by atoms with Crippen LogP contribution >= 0.6 is 0 Å². The predicted molar refractivity (Wildman–Crippen MR) is 95.0 cm³/mol. The number of sulfonamides is 1. The maximum Gasteiger partial charge on any atom is 0.216 e. The lowest BCUT2D eigenvalue weighted by Gasteiger charge is -2.34. The second kappa shape index (κ2) is 9.36. The number of aryl methyl sites for hydroxylation is 1. The van der Waals surface area contributed by atoms with Crippen LogP contribution in [0.15, 0.2) is 24.3 Å². The Morgan fingerprint density at radius 1 is 1.08 bits per heavy atom. The zero-order chi connectivity index (χ0) is 17.4. The Kier molecular flexibility index (Phi) is 7.48. The van der Waals surface area contributed by atoms with Crippen molar-refractivity contribution in [2.75, 3.05) is 59.3 Å². The third kappa shape index (κ3) is 5.44. The molecule has 0 amide bonds. The molecule has 1 aliphatic rings. The molecule has 0 atom stereocenters. The van der Waals surface area contributed by atoms with Crippen molar-refractivity contribution in [3.8, 4) is 5.75 Å². The van der Waals surface area contributed by atoms with Crippen LogP contribution in [0.2, 0.25) is 0 Å². The van der Waals surface area contributed by atoms with Crippen LogP contribution in [0.4, 0.5) is 0 Å². The number of ether oxygens (including phenoxy) is 2. The lowest BCUT2D eigenvalue weighted by Crippen LogP contribution is -2.49. The van der Waals surface area contributed by atoms with Crippen molar-refractivity contribution in [2.45, 2.75) is 12.8 Å². The summed E-state index contributed by atoms with van der Waals surface area (Å²) in [6.45, 7) is 3.95. The van der Waals surface area contributed by atoms with Crippen LogP contribution < -0.4 is 4.74 Å². The number of benzene rings is 1. The molecule has 0 saturated carbocycles. The van der Waals surface area contributed by atoms with E-state index >= 15 is 0 Å². The minimum atomic E-state index is -3.18. The molecule has 24 heavy (non-hydrogen) atoms. The van der Waals surface area contributed by atoms with E-state index < -0.39 is 10.0 Å². The first-order valence-corrected chi connectivity index (χ1v) is 9.99. The number of hydrogen-bond donors (Lipinski definition) is 0. The molecule has 0 spiro atoms. The van der Waals surface area contributed by atoms with E-state index in [2.05, 4.69) is 11.0 Å². The van der Waals surface area contributed by atoms with Crippen LogP contribution in [0, 0.1) is 0 Å². The fraction of sp³-hybridized carbons (Fsp3) is 0.647. The molecule has 1 aliphatic heterocycles. The summed E-state index contributed by atoms with van der Waals surface area (Å²) in [6, 6.07) is 8.09. The summed E-state index contributed by atoms with van der Waals surface area (Å²) >= 11 is 0. The highest BCUT2D eigenvalue weighted by Crippen LogP contribution is 2.19. The molecule has 0 unspecified atom stereocenters. The fourth-order valence-electron chi connectivity index (χ4n) is 2.95. The molecule has 1 fully saturated rings. The van der Waals surface area contributed by atoms with E-state index in [4.69, 9.17) is 9.47 Å². The third-order valence-electron chi connectivity index (χ3n) is 4.38. The number of hydrogen-bond acceptors (Lipinski definition) is 5. The van der Waals surface area contributed by atoms with E-state index in [-0.39, 0.29) is 12.4 Å². The molecule has 1 aromatic rings. The molecule has 7 heteroatoms. The van der Waals surface area contributed by atoms with Gasteiger partial charge in [0, 0.05) is 33.3 Å². The number of piperazine rings is 1. The van der Waals surface area contributed by atoms with Crippen molar-refractivity contribution in [1.29, 1.82) is 0 Å². The Morgan fingerprint density at radius 2 is 1.79 bits per heavy atom. The molecule has 1 heterocycles. The second-order valence-corrected chi connectivity index (χ2v) is 8.05. The number of rotatable bonds is 9. The van der Waals surface area contributed by atoms with E-state index in [1.165, 1.54) is 12.7 Å². The van der Waals surface area contributed by atoms with Crippen molar-refractivity contribution in [3.05, 3.63) is 29.8 Å². The van der Waals surface area contributed by atoms with Gasteiger partial charge in [0.05, 0.1) is 19.5 Å². The normalized spacial score (nSPS) is 17.1. The topological polar surface area (TPSA) is 59.1 Å². The Morgan fingerprint density at radius 3 is 2.46 bits per heavy atom. The van der Waals surface area contributed by atoms with Crippen LogP contribution in [0.1, 0.15) is 12.0 Å². The molecule has 136 valence electrons. The van der Waals surface area contributed by atoms with E-state index in [0.717, 1.165) is 38.2 Å². The van der Waals surface area contributed by atoms with Gasteiger partial charge in [-0.25, -0.2) is 8.42 Å². The first-order chi connectivity index (χ1) is 11.6. The monoisotopic (exact) mass is 356 g/mol. The van der Waals surface area contributed by atoms with Gasteiger partial charge in [0.25, 0.3) is 0 Å². The van der Waals surface area contributed by atoms with E-state index in [1.807, 2.05) is 18.2 Å². The Hall–Kier alpha value is -1.15. The van der Waals surface area contributed by atoms with Crippen LogP contribution in [-0.4, -0.2) is 76.9 Å². The van der Waals surface area contributed by atoms with Crippen LogP contribution in [0.25, 0.3) is 0 Å². The Balaban J connectivity index is 1.73. The lowest BCUT2D eigenvalue weighted by molar-refractivity contribution is 0.183. The van der Waals surface area contributed by atoms with Gasteiger partial charge in [-0.1, -0.05) is 18.2 Å². The van der Waals surface area contributed by atoms with Gasteiger partial charge in [-0.3, -0.25) is 0 Å². The van der Waals surface area contributed by atoms with Gasteiger partial charge in [-0.15, -0.1) is 0 Å². The van der Waals surface area contributed by atoms with Crippen LogP contribution in [0.3, 0.4) is 0 Å². The number of nitrogens with zero attached hydrogens (tertiary/aromatic N) is 2. The van der Waals surface area contributed by atoms with Gasteiger partial charge in [0.15, 0.2) is 0 Å². The summed E-state index contributed by atoms with van der Waals surface area (Å²) in [5.74, 6) is 1.00. The van der Waals surface area contributed by atoms with Crippen molar-refractivity contribution < 1.29 is 17.9 Å². The first-order valence-electron chi connectivity index (χ1n) is 8.38. The molecule has 0 radical (unpaired) electrons. The van der Waals surface area contributed by atoms with Crippen molar-refractivity contribution in [2.24, 2.45) is 0 Å². The largest absolute Gasteiger partial charge is 0.496 e. The van der Waals surface area contributed by atoms with Crippen LogP contribution in [0.5, 0.6) is 5.75 Å². The summed E-state index contributed by atoms with van der Waals surface area (Å²) in [5, 5.41) is 0. The van der Waals surface area contributed by atoms with E-state index in [1.54, 1.807) is 11.4 Å². The average molecular weight is 356 g/mol. The van der Waals surface area contributed by atoms with Crippen LogP contribution in [-0.2, 0) is 21.2 Å². The molecule has 6 nitrogen and oxygen atoms in total. The SMILES string of the molecule is COCCS(=O)(=O)N1CCN(CCCc2ccccc2OC)CC1. The van der Waals surface area contributed by atoms with Gasteiger partial charge in [-0.2, -0.15) is 4.31 Å². The minimum absolute atomic E-state index is 0.0668. The van der Waals surface area contributed by atoms with Gasteiger partial charge < -0.3 is 14.4 Å². The zero-order valence-electron chi connectivity index (χ0n) is 14.6. The van der Waals surface area contributed by atoms with E-state index in [0.29, 0.717) is 13.1 Å². The maximum absolute atomic E-state index is 12.1. The van der Waals surface area contributed by atoms with Gasteiger partial charge >= 0.3 is 0 Å². The molecule has 2 rings (SSSR count). The molecule has 0 N–H and O–H groups in total. The summed E-state index contributed by atoms with van der Waals surface area (Å²) in [5.41, 5.74) is 1.22. The predicted octanol–water partition coefficient (Wildman–Crippen LogP) is 1.22. The molecule has 0 aromatic heterocycles. The summed E-state index contributed by atoms with van der Waals surface area (Å²) < 4.78 is 36.1. The van der Waals surface area contributed by atoms with Crippen molar-refractivity contribution >= 4 is 10.0 Å². The average Bonchev–Trinajstić information content (AvgIpc) is 2.61. The van der Waals surface area contributed by atoms with Crippen molar-refractivity contribution in [1.82, 2.24) is 9.21 Å². The highest BCUT2D eigenvalue weighted by Gasteiger charge is 2.26. The summed E-state index contributed by atoms with van der Waals surface area (Å²) in [4.78, 5) is 2.33. The molecule has 1 saturated heterocycles. The lowest BCUT2D eigenvalue weighted by atomic mass is 10.1. The zero-order valence-corrected chi connectivity index (χ0v) is 15.4. The highest BCUT2D eigenvalue weighted by molar-refractivity contribution is 7.89. The minimum Gasteiger partial charge on any atom is -0.496 e. The molecule has 0 bridgehead atoms. The number of para-hydroxylation sites is 1. The third-order valence-corrected chi connectivity index (χ3v) is 6.22. The Bertz CT molecular complexity index is 598. The second-order valence-electron chi connectivity index (χ2n) is 5.96. The molecular formula is C17H28N2O4S. The summed E-state index contributed by atoms with van der Waals surface area (Å²) in [7, 11) is 0.0432. The standard InChI is InChI=1S/C17H28N2O4S/c1-22-14-15-24(20,21)19-12-10-18(11-13-19)9-5-7-16-6-3-4-8-17(16)23-2/h3-4,6,8H,5,7,9-15H2,1-2H3. The van der Waals surface area contributed by atoms with Gasteiger partial charge in [-0.05, 0) is 31.0 Å². The van der Waals surface area contributed by atoms with Gasteiger partial charge in [0.2, 0.25) is 10.0 Å². The maximum atomic E-state index is 12.1. The Labute approximate surface area is 145 Å². The summed E-state index contributed by atoms with van der Waals surface area (Å²) in [6.07, 6.45) is 2.01. The van der Waals surface area contributed by atoms with E-state index in [9.17, 15) is 8.42 Å².